The number of aliphatic hydroxyl groups is 1. The molecule has 0 saturated carbocycles. The van der Waals surface area contributed by atoms with Crippen molar-refractivity contribution < 1.29 is 9.90 Å². The monoisotopic (exact) mass is 361 g/mol. The van der Waals surface area contributed by atoms with Crippen LogP contribution in [-0.4, -0.2) is 42.0 Å². The lowest BCUT2D eigenvalue weighted by Crippen LogP contribution is -2.33. The molecule has 0 saturated heterocycles. The van der Waals surface area contributed by atoms with Crippen LogP contribution in [0.4, 0.5) is 0 Å². The third-order valence-corrected chi connectivity index (χ3v) is 3.50. The van der Waals surface area contributed by atoms with Crippen LogP contribution in [0.2, 0.25) is 0 Å². The van der Waals surface area contributed by atoms with Crippen molar-refractivity contribution >= 4 is 28.4 Å². The van der Waals surface area contributed by atoms with Crippen molar-refractivity contribution in [2.45, 2.75) is 19.8 Å². The molecule has 0 aliphatic heterocycles. The minimum atomic E-state index is 0.101. The molecule has 18 heavy (non-hydrogen) atoms. The zero-order valence-corrected chi connectivity index (χ0v) is 12.9. The molecular formula is C14H20INO2. The molecule has 0 spiro atoms. The Hall–Kier alpha value is -0.460. The number of hydrogen-bond acceptors (Lipinski definition) is 3. The zero-order valence-electron chi connectivity index (χ0n) is 10.7. The Bertz CT molecular complexity index is 365. The highest BCUT2D eigenvalue weighted by Crippen LogP contribution is 2.08. The Morgan fingerprint density at radius 1 is 1.28 bits per heavy atom. The Labute approximate surface area is 122 Å². The Morgan fingerprint density at radius 2 is 1.94 bits per heavy atom. The molecule has 0 aliphatic carbocycles. The maximum absolute atomic E-state index is 12.1. The molecule has 0 aromatic heterocycles. The van der Waals surface area contributed by atoms with E-state index in [2.05, 4.69) is 29.5 Å². The molecule has 1 aromatic carbocycles. The van der Waals surface area contributed by atoms with E-state index in [-0.39, 0.29) is 12.4 Å². The Morgan fingerprint density at radius 3 is 2.50 bits per heavy atom. The summed E-state index contributed by atoms with van der Waals surface area (Å²) in [7, 11) is 0. The maximum Gasteiger partial charge on any atom is 0.176 e. The first kappa shape index (κ1) is 15.6. The number of ketones is 1. The van der Waals surface area contributed by atoms with Crippen LogP contribution in [0.5, 0.6) is 0 Å². The van der Waals surface area contributed by atoms with Gasteiger partial charge in [-0.15, -0.1) is 0 Å². The predicted octanol–water partition coefficient (Wildman–Crippen LogP) is 2.57. The number of Topliss-reactive ketones (excluding diaryl/α,β-unsaturated/α-hetero) is 1. The molecule has 0 radical (unpaired) electrons. The van der Waals surface area contributed by atoms with E-state index in [0.717, 1.165) is 28.5 Å². The van der Waals surface area contributed by atoms with Crippen LogP contribution in [-0.2, 0) is 0 Å². The van der Waals surface area contributed by atoms with E-state index in [1.54, 1.807) is 0 Å². The molecule has 100 valence electrons. The van der Waals surface area contributed by atoms with Gasteiger partial charge < -0.3 is 5.11 Å². The lowest BCUT2D eigenvalue weighted by Gasteiger charge is -2.20. The summed E-state index contributed by atoms with van der Waals surface area (Å²) in [5.74, 6) is 0.121. The predicted molar refractivity (Wildman–Crippen MR) is 81.9 cm³/mol. The largest absolute Gasteiger partial charge is 0.395 e. The summed E-state index contributed by atoms with van der Waals surface area (Å²) in [5, 5.41) is 9.00. The van der Waals surface area contributed by atoms with E-state index in [0.29, 0.717) is 13.1 Å². The van der Waals surface area contributed by atoms with Gasteiger partial charge in [0.2, 0.25) is 0 Å². The smallest absolute Gasteiger partial charge is 0.176 e. The summed E-state index contributed by atoms with van der Waals surface area (Å²) < 4.78 is 1.13. The molecule has 4 heteroatoms. The Kier molecular flexibility index (Phi) is 7.46. The Balaban J connectivity index is 2.56. The summed E-state index contributed by atoms with van der Waals surface area (Å²) in [6.45, 7) is 4.05. The molecule has 1 N–H and O–H groups in total. The van der Waals surface area contributed by atoms with Crippen molar-refractivity contribution in [1.29, 1.82) is 0 Å². The van der Waals surface area contributed by atoms with Gasteiger partial charge in [0.25, 0.3) is 0 Å². The van der Waals surface area contributed by atoms with E-state index >= 15 is 0 Å². The fraction of sp³-hybridized carbons (Fsp3) is 0.500. The first-order valence-electron chi connectivity index (χ1n) is 6.29. The van der Waals surface area contributed by atoms with Gasteiger partial charge in [-0.25, -0.2) is 0 Å². The van der Waals surface area contributed by atoms with E-state index in [1.807, 2.05) is 29.2 Å². The second-order valence-electron chi connectivity index (χ2n) is 4.28. The number of carbonyl (C=O) groups excluding carboxylic acids is 1. The number of hydrogen-bond donors (Lipinski definition) is 1. The van der Waals surface area contributed by atoms with Crippen LogP contribution < -0.4 is 0 Å². The van der Waals surface area contributed by atoms with Gasteiger partial charge in [-0.3, -0.25) is 9.69 Å². The number of unbranched alkanes of at least 4 members (excludes halogenated alkanes) is 1. The van der Waals surface area contributed by atoms with Crippen LogP contribution >= 0.6 is 22.6 Å². The van der Waals surface area contributed by atoms with Crippen LogP contribution in [0.15, 0.2) is 24.3 Å². The molecule has 1 rings (SSSR count). The van der Waals surface area contributed by atoms with Gasteiger partial charge in [-0.2, -0.15) is 0 Å². The number of nitrogens with zero attached hydrogens (tertiary/aromatic N) is 1. The first-order valence-corrected chi connectivity index (χ1v) is 7.37. The summed E-state index contributed by atoms with van der Waals surface area (Å²) in [6, 6.07) is 7.61. The number of aliphatic hydroxyl groups excluding tert-OH is 1. The lowest BCUT2D eigenvalue weighted by molar-refractivity contribution is 0.0913. The minimum absolute atomic E-state index is 0.101. The van der Waals surface area contributed by atoms with Gasteiger partial charge in [0, 0.05) is 15.7 Å². The molecule has 3 nitrogen and oxygen atoms in total. The first-order chi connectivity index (χ1) is 8.67. The molecular weight excluding hydrogens is 341 g/mol. The van der Waals surface area contributed by atoms with Crippen molar-refractivity contribution in [3.8, 4) is 0 Å². The summed E-state index contributed by atoms with van der Waals surface area (Å²) in [5.41, 5.74) is 0.745. The van der Waals surface area contributed by atoms with Gasteiger partial charge in [0.1, 0.15) is 0 Å². The third kappa shape index (κ3) is 5.46. The molecule has 0 atom stereocenters. The lowest BCUT2D eigenvalue weighted by atomic mass is 10.1. The second-order valence-corrected chi connectivity index (χ2v) is 5.53. The van der Waals surface area contributed by atoms with Crippen LogP contribution in [0.1, 0.15) is 30.1 Å². The standard InChI is InChI=1S/C14H20INO2/c1-2-3-8-16(9-10-17)11-14(18)12-4-6-13(15)7-5-12/h4-7,17H,2-3,8-11H2,1H3. The van der Waals surface area contributed by atoms with Gasteiger partial charge in [-0.1, -0.05) is 25.5 Å². The SMILES string of the molecule is CCCCN(CCO)CC(=O)c1ccc(I)cc1. The van der Waals surface area contributed by atoms with Gasteiger partial charge in [0.05, 0.1) is 13.2 Å². The van der Waals surface area contributed by atoms with Gasteiger partial charge in [0.15, 0.2) is 5.78 Å². The number of carbonyl (C=O) groups is 1. The van der Waals surface area contributed by atoms with E-state index in [4.69, 9.17) is 5.11 Å². The normalized spacial score (nSPS) is 10.9. The van der Waals surface area contributed by atoms with Crippen molar-refractivity contribution in [2.75, 3.05) is 26.2 Å². The average molecular weight is 361 g/mol. The number of rotatable bonds is 8. The quantitative estimate of drug-likeness (QED) is 0.572. The van der Waals surface area contributed by atoms with Crippen LogP contribution in [0, 0.1) is 3.57 Å². The summed E-state index contributed by atoms with van der Waals surface area (Å²) in [4.78, 5) is 14.1. The molecule has 0 bridgehead atoms. The fourth-order valence-corrected chi connectivity index (χ4v) is 2.08. The second kappa shape index (κ2) is 8.61. The molecule has 0 unspecified atom stereocenters. The maximum atomic E-state index is 12.1. The zero-order chi connectivity index (χ0) is 13.4. The van der Waals surface area contributed by atoms with Crippen molar-refractivity contribution in [3.63, 3.8) is 0 Å². The minimum Gasteiger partial charge on any atom is -0.395 e. The fourth-order valence-electron chi connectivity index (χ4n) is 1.72. The number of benzene rings is 1. The van der Waals surface area contributed by atoms with Crippen LogP contribution in [0.3, 0.4) is 0 Å². The van der Waals surface area contributed by atoms with Crippen molar-refractivity contribution in [1.82, 2.24) is 4.90 Å². The van der Waals surface area contributed by atoms with Gasteiger partial charge >= 0.3 is 0 Å². The molecule has 0 amide bonds. The average Bonchev–Trinajstić information content (AvgIpc) is 2.37. The highest BCUT2D eigenvalue weighted by molar-refractivity contribution is 14.1. The highest BCUT2D eigenvalue weighted by atomic mass is 127. The third-order valence-electron chi connectivity index (χ3n) is 2.78. The molecule has 0 aliphatic rings. The summed E-state index contributed by atoms with van der Waals surface area (Å²) >= 11 is 2.22. The number of halogens is 1. The highest BCUT2D eigenvalue weighted by Gasteiger charge is 2.11. The molecule has 0 heterocycles. The van der Waals surface area contributed by atoms with E-state index < -0.39 is 0 Å². The van der Waals surface area contributed by atoms with E-state index in [9.17, 15) is 4.79 Å². The molecule has 1 aromatic rings. The van der Waals surface area contributed by atoms with Crippen molar-refractivity contribution in [2.24, 2.45) is 0 Å². The topological polar surface area (TPSA) is 40.5 Å². The summed E-state index contributed by atoms with van der Waals surface area (Å²) in [6.07, 6.45) is 2.15. The molecule has 0 fully saturated rings. The van der Waals surface area contributed by atoms with Gasteiger partial charge in [-0.05, 0) is 47.7 Å². The van der Waals surface area contributed by atoms with E-state index in [1.165, 1.54) is 0 Å². The van der Waals surface area contributed by atoms with Crippen LogP contribution in [0.25, 0.3) is 0 Å². The van der Waals surface area contributed by atoms with Crippen molar-refractivity contribution in [3.05, 3.63) is 33.4 Å².